The molecule has 106 valence electrons. The molecule has 0 radical (unpaired) electrons. The normalized spacial score (nSPS) is 16.8. The molecule has 1 fully saturated rings. The molecule has 0 spiro atoms. The van der Waals surface area contributed by atoms with Gasteiger partial charge in [0, 0.05) is 24.1 Å². The molecule has 1 aliphatic heterocycles. The first kappa shape index (κ1) is 14.5. The van der Waals surface area contributed by atoms with Crippen molar-refractivity contribution < 1.29 is 4.74 Å². The average Bonchev–Trinajstić information content (AvgIpc) is 2.37. The van der Waals surface area contributed by atoms with Gasteiger partial charge in [-0.25, -0.2) is 9.97 Å². The Hall–Kier alpha value is -0.870. The van der Waals surface area contributed by atoms with E-state index in [-0.39, 0.29) is 5.41 Å². The number of halogens is 1. The summed E-state index contributed by atoms with van der Waals surface area (Å²) in [6.07, 6.45) is 0.913. The fourth-order valence-corrected chi connectivity index (χ4v) is 2.59. The van der Waals surface area contributed by atoms with Gasteiger partial charge in [0.25, 0.3) is 0 Å². The fraction of sp³-hybridized carbons (Fsp3) is 0.714. The maximum absolute atomic E-state index is 6.12. The van der Waals surface area contributed by atoms with Crippen molar-refractivity contribution in [3.8, 4) is 0 Å². The molecule has 1 aromatic heterocycles. The lowest BCUT2D eigenvalue weighted by atomic mass is 9.87. The van der Waals surface area contributed by atoms with Gasteiger partial charge in [0.1, 0.15) is 5.82 Å². The van der Waals surface area contributed by atoms with Crippen LogP contribution < -0.4 is 4.90 Å². The van der Waals surface area contributed by atoms with E-state index in [1.54, 1.807) is 0 Å². The Bertz CT molecular complexity index is 451. The predicted octanol–water partition coefficient (Wildman–Crippen LogP) is 2.83. The van der Waals surface area contributed by atoms with E-state index >= 15 is 0 Å². The number of anilines is 1. The number of hydrogen-bond donors (Lipinski definition) is 0. The van der Waals surface area contributed by atoms with E-state index in [4.69, 9.17) is 16.3 Å². The first-order valence-corrected chi connectivity index (χ1v) is 7.21. The lowest BCUT2D eigenvalue weighted by Crippen LogP contribution is -2.38. The maximum Gasteiger partial charge on any atom is 0.224 e. The molecule has 2 heterocycles. The molecule has 0 atom stereocenters. The van der Waals surface area contributed by atoms with Crippen molar-refractivity contribution >= 4 is 17.4 Å². The summed E-state index contributed by atoms with van der Waals surface area (Å²) in [5, 5.41) is 0.337. The van der Waals surface area contributed by atoms with Crippen LogP contribution >= 0.6 is 11.6 Å². The summed E-state index contributed by atoms with van der Waals surface area (Å²) in [4.78, 5) is 11.2. The highest BCUT2D eigenvalue weighted by Gasteiger charge is 2.26. The summed E-state index contributed by atoms with van der Waals surface area (Å²) in [5.74, 6) is 0.982. The van der Waals surface area contributed by atoms with Crippen LogP contribution in [-0.4, -0.2) is 36.3 Å². The van der Waals surface area contributed by atoms with Crippen LogP contribution in [0.15, 0.2) is 0 Å². The maximum atomic E-state index is 6.12. The molecule has 2 rings (SSSR count). The summed E-state index contributed by atoms with van der Waals surface area (Å²) in [7, 11) is 0. The van der Waals surface area contributed by atoms with Gasteiger partial charge in [-0.05, 0) is 18.0 Å². The second-order valence-corrected chi connectivity index (χ2v) is 6.18. The Morgan fingerprint density at radius 2 is 1.84 bits per heavy atom. The first-order valence-electron chi connectivity index (χ1n) is 6.83. The van der Waals surface area contributed by atoms with Crippen molar-refractivity contribution in [3.63, 3.8) is 0 Å². The van der Waals surface area contributed by atoms with Crippen LogP contribution in [0.2, 0.25) is 5.28 Å². The summed E-state index contributed by atoms with van der Waals surface area (Å²) < 4.78 is 5.40. The minimum Gasteiger partial charge on any atom is -0.378 e. The van der Waals surface area contributed by atoms with Gasteiger partial charge in [-0.1, -0.05) is 27.7 Å². The molecule has 0 N–H and O–H groups in total. The molecule has 1 aromatic rings. The van der Waals surface area contributed by atoms with E-state index < -0.39 is 0 Å². The third-order valence-electron chi connectivity index (χ3n) is 3.33. The van der Waals surface area contributed by atoms with Gasteiger partial charge in [-0.2, -0.15) is 0 Å². The SMILES string of the molecule is CCc1c(N2CCOCC2)nc(Cl)nc1C(C)(C)C. The van der Waals surface area contributed by atoms with Crippen LogP contribution in [0.3, 0.4) is 0 Å². The van der Waals surface area contributed by atoms with Crippen molar-refractivity contribution in [3.05, 3.63) is 16.5 Å². The minimum absolute atomic E-state index is 0.0288. The van der Waals surface area contributed by atoms with Crippen LogP contribution in [-0.2, 0) is 16.6 Å². The second kappa shape index (κ2) is 5.63. The molecule has 1 saturated heterocycles. The topological polar surface area (TPSA) is 38.2 Å². The number of morpholine rings is 1. The van der Waals surface area contributed by atoms with E-state index in [1.165, 1.54) is 5.56 Å². The lowest BCUT2D eigenvalue weighted by molar-refractivity contribution is 0.122. The van der Waals surface area contributed by atoms with Gasteiger partial charge in [0.15, 0.2) is 0 Å². The molecule has 0 bridgehead atoms. The van der Waals surface area contributed by atoms with Crippen molar-refractivity contribution in [2.24, 2.45) is 0 Å². The van der Waals surface area contributed by atoms with E-state index in [1.807, 2.05) is 0 Å². The standard InChI is InChI=1S/C14H22ClN3O/c1-5-10-11(14(2,3)4)16-13(15)17-12(10)18-6-8-19-9-7-18/h5-9H2,1-4H3. The molecular weight excluding hydrogens is 262 g/mol. The highest BCUT2D eigenvalue weighted by Crippen LogP contribution is 2.31. The molecule has 0 saturated carbocycles. The van der Waals surface area contributed by atoms with Gasteiger partial charge in [0.05, 0.1) is 18.9 Å². The molecule has 0 aliphatic carbocycles. The van der Waals surface area contributed by atoms with E-state index in [0.717, 1.165) is 44.2 Å². The Balaban J connectivity index is 2.50. The van der Waals surface area contributed by atoms with Crippen molar-refractivity contribution in [2.75, 3.05) is 31.2 Å². The van der Waals surface area contributed by atoms with E-state index in [0.29, 0.717) is 5.28 Å². The Morgan fingerprint density at radius 3 is 2.37 bits per heavy atom. The number of nitrogens with zero attached hydrogens (tertiary/aromatic N) is 3. The fourth-order valence-electron chi connectivity index (χ4n) is 2.43. The Morgan fingerprint density at radius 1 is 1.21 bits per heavy atom. The average molecular weight is 284 g/mol. The van der Waals surface area contributed by atoms with Crippen LogP contribution in [0.4, 0.5) is 5.82 Å². The zero-order valence-corrected chi connectivity index (χ0v) is 12.9. The van der Waals surface area contributed by atoms with Gasteiger partial charge in [-0.3, -0.25) is 0 Å². The highest BCUT2D eigenvalue weighted by molar-refractivity contribution is 6.28. The summed E-state index contributed by atoms with van der Waals surface area (Å²) >= 11 is 6.12. The van der Waals surface area contributed by atoms with Gasteiger partial charge < -0.3 is 9.64 Å². The van der Waals surface area contributed by atoms with E-state index in [9.17, 15) is 0 Å². The molecule has 19 heavy (non-hydrogen) atoms. The van der Waals surface area contributed by atoms with Crippen molar-refractivity contribution in [2.45, 2.75) is 39.5 Å². The zero-order chi connectivity index (χ0) is 14.0. The second-order valence-electron chi connectivity index (χ2n) is 5.85. The van der Waals surface area contributed by atoms with Gasteiger partial charge in [-0.15, -0.1) is 0 Å². The third-order valence-corrected chi connectivity index (χ3v) is 3.50. The van der Waals surface area contributed by atoms with Gasteiger partial charge in [0.2, 0.25) is 5.28 Å². The number of hydrogen-bond acceptors (Lipinski definition) is 4. The van der Waals surface area contributed by atoms with Crippen LogP contribution in [0.5, 0.6) is 0 Å². The Labute approximate surface area is 120 Å². The summed E-state index contributed by atoms with van der Waals surface area (Å²) in [5.41, 5.74) is 2.23. The van der Waals surface area contributed by atoms with Crippen LogP contribution in [0.1, 0.15) is 39.0 Å². The number of ether oxygens (including phenoxy) is 1. The predicted molar refractivity (Wildman–Crippen MR) is 78.2 cm³/mol. The lowest BCUT2D eigenvalue weighted by Gasteiger charge is -2.31. The zero-order valence-electron chi connectivity index (χ0n) is 12.2. The molecular formula is C14H22ClN3O. The number of rotatable bonds is 2. The smallest absolute Gasteiger partial charge is 0.224 e. The van der Waals surface area contributed by atoms with E-state index in [2.05, 4.69) is 42.6 Å². The number of aromatic nitrogens is 2. The monoisotopic (exact) mass is 283 g/mol. The largest absolute Gasteiger partial charge is 0.378 e. The van der Waals surface area contributed by atoms with Crippen LogP contribution in [0.25, 0.3) is 0 Å². The molecule has 0 unspecified atom stereocenters. The summed E-state index contributed by atoms with van der Waals surface area (Å²) in [6.45, 7) is 11.8. The highest BCUT2D eigenvalue weighted by atomic mass is 35.5. The quantitative estimate of drug-likeness (QED) is 0.783. The molecule has 1 aliphatic rings. The Kier molecular flexibility index (Phi) is 4.31. The van der Waals surface area contributed by atoms with Crippen molar-refractivity contribution in [1.29, 1.82) is 0 Å². The molecule has 0 amide bonds. The van der Waals surface area contributed by atoms with Crippen LogP contribution in [0, 0.1) is 0 Å². The summed E-state index contributed by atoms with van der Waals surface area (Å²) in [6, 6.07) is 0. The third kappa shape index (κ3) is 3.18. The molecule has 0 aromatic carbocycles. The minimum atomic E-state index is -0.0288. The molecule has 5 heteroatoms. The van der Waals surface area contributed by atoms with Gasteiger partial charge >= 0.3 is 0 Å². The first-order chi connectivity index (χ1) is 8.93. The molecule has 4 nitrogen and oxygen atoms in total. The van der Waals surface area contributed by atoms with Crippen molar-refractivity contribution in [1.82, 2.24) is 9.97 Å².